The Hall–Kier alpha value is -1.28. The van der Waals surface area contributed by atoms with Gasteiger partial charge in [0.1, 0.15) is 0 Å². The number of fused-ring (bicyclic) bond motifs is 1. The first kappa shape index (κ1) is 11.8. The Balaban J connectivity index is 1.85. The molecule has 0 aliphatic heterocycles. The van der Waals surface area contributed by atoms with Crippen LogP contribution in [0.4, 0.5) is 0 Å². The average Bonchev–Trinajstić information content (AvgIpc) is 2.74. The lowest BCUT2D eigenvalue weighted by atomic mass is 9.92. The fourth-order valence-electron chi connectivity index (χ4n) is 2.88. The Labute approximate surface area is 112 Å². The molecule has 18 heavy (non-hydrogen) atoms. The monoisotopic (exact) mass is 260 g/mol. The van der Waals surface area contributed by atoms with Gasteiger partial charge in [-0.3, -0.25) is 5.10 Å². The van der Waals surface area contributed by atoms with Crippen LogP contribution in [0.15, 0.2) is 30.5 Å². The fourth-order valence-corrected chi connectivity index (χ4v) is 3.09. The predicted octanol–water partition coefficient (Wildman–Crippen LogP) is 4.12. The van der Waals surface area contributed by atoms with Crippen molar-refractivity contribution >= 4 is 11.6 Å². The van der Waals surface area contributed by atoms with Crippen molar-refractivity contribution < 1.29 is 0 Å². The molecule has 1 aromatic heterocycles. The molecule has 1 aliphatic carbocycles. The maximum Gasteiger partial charge on any atom is 0.0522 e. The van der Waals surface area contributed by atoms with Gasteiger partial charge in [-0.2, -0.15) is 5.10 Å². The number of aromatic amines is 1. The number of rotatable bonds is 2. The molecule has 3 heteroatoms. The molecule has 1 unspecified atom stereocenters. The second-order valence-electron chi connectivity index (χ2n) is 5.09. The first-order valence-electron chi connectivity index (χ1n) is 6.59. The van der Waals surface area contributed by atoms with Crippen molar-refractivity contribution in [3.05, 3.63) is 52.3 Å². The van der Waals surface area contributed by atoms with Gasteiger partial charge in [0.05, 0.1) is 6.20 Å². The van der Waals surface area contributed by atoms with Gasteiger partial charge in [0, 0.05) is 16.6 Å². The van der Waals surface area contributed by atoms with Crippen LogP contribution in [0.2, 0.25) is 5.02 Å². The summed E-state index contributed by atoms with van der Waals surface area (Å²) in [5.74, 6) is 0.559. The van der Waals surface area contributed by atoms with Crippen LogP contribution in [0.25, 0.3) is 0 Å². The average molecular weight is 261 g/mol. The maximum atomic E-state index is 6.05. The molecule has 1 atom stereocenters. The smallest absolute Gasteiger partial charge is 0.0522 e. The van der Waals surface area contributed by atoms with Gasteiger partial charge in [-0.25, -0.2) is 0 Å². The summed E-state index contributed by atoms with van der Waals surface area (Å²) in [6.45, 7) is 0. The predicted molar refractivity (Wildman–Crippen MR) is 74.0 cm³/mol. The van der Waals surface area contributed by atoms with Crippen LogP contribution in [0.5, 0.6) is 0 Å². The summed E-state index contributed by atoms with van der Waals surface area (Å²) >= 11 is 6.05. The van der Waals surface area contributed by atoms with Gasteiger partial charge < -0.3 is 0 Å². The highest BCUT2D eigenvalue weighted by atomic mass is 35.5. The lowest BCUT2D eigenvalue weighted by Crippen LogP contribution is -2.04. The van der Waals surface area contributed by atoms with Crippen molar-refractivity contribution in [2.45, 2.75) is 38.0 Å². The molecule has 3 rings (SSSR count). The van der Waals surface area contributed by atoms with E-state index < -0.39 is 0 Å². The van der Waals surface area contributed by atoms with Crippen LogP contribution in [0.1, 0.15) is 42.0 Å². The standard InChI is InChI=1S/C15H17ClN2/c16-14-7-3-4-11(9-14)8-12-5-1-2-6-13-10-17-18-15(12)13/h3-4,7,9-10,12H,1-2,5-6,8H2,(H,17,18). The second kappa shape index (κ2) is 5.15. The first-order valence-corrected chi connectivity index (χ1v) is 6.97. The maximum absolute atomic E-state index is 6.05. The zero-order chi connectivity index (χ0) is 12.4. The number of H-pyrrole nitrogens is 1. The van der Waals surface area contributed by atoms with E-state index in [0.717, 1.165) is 17.9 Å². The molecule has 94 valence electrons. The van der Waals surface area contributed by atoms with E-state index in [1.165, 1.54) is 36.1 Å². The Morgan fingerprint density at radius 1 is 1.33 bits per heavy atom. The molecule has 1 aromatic carbocycles. The number of halogens is 1. The Morgan fingerprint density at radius 3 is 3.17 bits per heavy atom. The zero-order valence-corrected chi connectivity index (χ0v) is 11.1. The summed E-state index contributed by atoms with van der Waals surface area (Å²) in [6.07, 6.45) is 8.02. The van der Waals surface area contributed by atoms with E-state index in [4.69, 9.17) is 11.6 Å². The molecule has 2 nitrogen and oxygen atoms in total. The van der Waals surface area contributed by atoms with E-state index in [2.05, 4.69) is 22.3 Å². The minimum absolute atomic E-state index is 0.559. The van der Waals surface area contributed by atoms with Gasteiger partial charge in [0.25, 0.3) is 0 Å². The lowest BCUT2D eigenvalue weighted by Gasteiger charge is -2.14. The zero-order valence-electron chi connectivity index (χ0n) is 10.3. The highest BCUT2D eigenvalue weighted by Gasteiger charge is 2.20. The molecule has 1 heterocycles. The van der Waals surface area contributed by atoms with Crippen LogP contribution >= 0.6 is 11.6 Å². The molecule has 2 aromatic rings. The lowest BCUT2D eigenvalue weighted by molar-refractivity contribution is 0.578. The Kier molecular flexibility index (Phi) is 3.37. The number of hydrogen-bond donors (Lipinski definition) is 1. The van der Waals surface area contributed by atoms with E-state index in [1.54, 1.807) is 0 Å². The highest BCUT2D eigenvalue weighted by Crippen LogP contribution is 2.31. The van der Waals surface area contributed by atoms with E-state index in [0.29, 0.717) is 5.92 Å². The number of nitrogens with zero attached hydrogens (tertiary/aromatic N) is 1. The molecule has 0 saturated carbocycles. The fraction of sp³-hybridized carbons (Fsp3) is 0.400. The highest BCUT2D eigenvalue weighted by molar-refractivity contribution is 6.30. The summed E-state index contributed by atoms with van der Waals surface area (Å²) in [7, 11) is 0. The molecule has 0 spiro atoms. The minimum atomic E-state index is 0.559. The number of aromatic nitrogens is 2. The Bertz CT molecular complexity index is 533. The van der Waals surface area contributed by atoms with Crippen molar-refractivity contribution in [2.75, 3.05) is 0 Å². The molecule has 0 fully saturated rings. The van der Waals surface area contributed by atoms with Crippen LogP contribution in [0.3, 0.4) is 0 Å². The Morgan fingerprint density at radius 2 is 2.28 bits per heavy atom. The van der Waals surface area contributed by atoms with Gasteiger partial charge in [0.2, 0.25) is 0 Å². The molecular weight excluding hydrogens is 244 g/mol. The van der Waals surface area contributed by atoms with E-state index >= 15 is 0 Å². The molecule has 0 bridgehead atoms. The second-order valence-corrected chi connectivity index (χ2v) is 5.52. The summed E-state index contributed by atoms with van der Waals surface area (Å²) < 4.78 is 0. The van der Waals surface area contributed by atoms with Gasteiger partial charge in [-0.05, 0) is 48.9 Å². The molecule has 0 saturated heterocycles. The van der Waals surface area contributed by atoms with Crippen molar-refractivity contribution in [3.8, 4) is 0 Å². The van der Waals surface area contributed by atoms with Gasteiger partial charge in [0.15, 0.2) is 0 Å². The third kappa shape index (κ3) is 2.44. The van der Waals surface area contributed by atoms with Crippen molar-refractivity contribution in [3.63, 3.8) is 0 Å². The SMILES string of the molecule is Clc1cccc(CC2CCCCc3cn[nH]c32)c1. The quantitative estimate of drug-likeness (QED) is 0.809. The topological polar surface area (TPSA) is 28.7 Å². The molecule has 1 aliphatic rings. The first-order chi connectivity index (χ1) is 8.83. The normalized spacial score (nSPS) is 19.3. The number of aryl methyl sites for hydroxylation is 1. The van der Waals surface area contributed by atoms with Crippen molar-refractivity contribution in [2.24, 2.45) is 0 Å². The molecular formula is C15H17ClN2. The van der Waals surface area contributed by atoms with E-state index in [-0.39, 0.29) is 0 Å². The third-order valence-corrected chi connectivity index (χ3v) is 4.01. The van der Waals surface area contributed by atoms with Crippen molar-refractivity contribution in [1.29, 1.82) is 0 Å². The number of nitrogens with one attached hydrogen (secondary N) is 1. The third-order valence-electron chi connectivity index (χ3n) is 3.78. The largest absolute Gasteiger partial charge is 0.282 e. The molecule has 0 radical (unpaired) electrons. The summed E-state index contributed by atoms with van der Waals surface area (Å²) in [5.41, 5.74) is 4.06. The van der Waals surface area contributed by atoms with Crippen LogP contribution in [-0.2, 0) is 12.8 Å². The number of benzene rings is 1. The van der Waals surface area contributed by atoms with Gasteiger partial charge >= 0.3 is 0 Å². The minimum Gasteiger partial charge on any atom is -0.282 e. The molecule has 0 amide bonds. The van der Waals surface area contributed by atoms with Crippen molar-refractivity contribution in [1.82, 2.24) is 10.2 Å². The van der Waals surface area contributed by atoms with Crippen LogP contribution in [-0.4, -0.2) is 10.2 Å². The number of hydrogen-bond acceptors (Lipinski definition) is 1. The van der Waals surface area contributed by atoms with E-state index in [1.807, 2.05) is 18.3 Å². The van der Waals surface area contributed by atoms with E-state index in [9.17, 15) is 0 Å². The summed E-state index contributed by atoms with van der Waals surface area (Å²) in [5, 5.41) is 8.23. The summed E-state index contributed by atoms with van der Waals surface area (Å²) in [4.78, 5) is 0. The molecule has 1 N–H and O–H groups in total. The summed E-state index contributed by atoms with van der Waals surface area (Å²) in [6, 6.07) is 8.19. The van der Waals surface area contributed by atoms with Gasteiger partial charge in [-0.15, -0.1) is 0 Å². The van der Waals surface area contributed by atoms with Crippen LogP contribution in [0, 0.1) is 0 Å². The van der Waals surface area contributed by atoms with Crippen LogP contribution < -0.4 is 0 Å². The van der Waals surface area contributed by atoms with Gasteiger partial charge in [-0.1, -0.05) is 30.2 Å².